The number of cyclic esters (lactones) is 1. The highest BCUT2D eigenvalue weighted by atomic mass is 127. The van der Waals surface area contributed by atoms with Crippen LogP contribution >= 0.6 is 22.6 Å². The summed E-state index contributed by atoms with van der Waals surface area (Å²) in [6.45, 7) is 3.83. The van der Waals surface area contributed by atoms with Crippen LogP contribution in [0.5, 0.6) is 11.5 Å². The molecule has 0 spiro atoms. The van der Waals surface area contributed by atoms with Crippen LogP contribution in [0.3, 0.4) is 0 Å². The molecule has 1 aliphatic rings. The van der Waals surface area contributed by atoms with Crippen molar-refractivity contribution in [3.8, 4) is 11.5 Å². The Morgan fingerprint density at radius 1 is 1.17 bits per heavy atom. The van der Waals surface area contributed by atoms with Crippen LogP contribution in [0, 0.1) is 26.4 Å². The van der Waals surface area contributed by atoms with Crippen molar-refractivity contribution >= 4 is 46.2 Å². The molecule has 1 heterocycles. The molecule has 0 unspecified atom stereocenters. The molecule has 4 rings (SSSR count). The van der Waals surface area contributed by atoms with Crippen molar-refractivity contribution in [2.45, 2.75) is 20.5 Å². The Bertz CT molecular complexity index is 1420. The van der Waals surface area contributed by atoms with Crippen molar-refractivity contribution in [3.63, 3.8) is 0 Å². The minimum Gasteiger partial charge on any atom is -0.490 e. The van der Waals surface area contributed by atoms with Crippen molar-refractivity contribution in [1.82, 2.24) is 0 Å². The number of nitro benzene ring substituents is 1. The molecule has 0 radical (unpaired) electrons. The van der Waals surface area contributed by atoms with Gasteiger partial charge in [0.25, 0.3) is 5.69 Å². The van der Waals surface area contributed by atoms with Crippen LogP contribution in [0.4, 0.5) is 10.1 Å². The SMILES string of the molecule is CCOc1cc(/C=C2\N=C(c3ccc(C)c([N+](=O)[O-])c3)OC2=O)cc(I)c1OCc1ccccc1F. The summed E-state index contributed by atoms with van der Waals surface area (Å²) in [4.78, 5) is 27.5. The standard InChI is InChI=1S/C26H20FIN2O6/c1-3-34-23-12-16(10-20(28)24(23)35-14-18-6-4-5-7-19(18)27)11-21-26(31)36-25(29-21)17-9-8-15(2)22(13-17)30(32)33/h4-13H,3,14H2,1-2H3/b21-11-. The number of nitro groups is 1. The number of halogens is 2. The molecule has 8 nitrogen and oxygen atoms in total. The Balaban J connectivity index is 1.63. The number of hydrogen-bond acceptors (Lipinski definition) is 7. The highest BCUT2D eigenvalue weighted by Gasteiger charge is 2.26. The second kappa shape index (κ2) is 10.9. The van der Waals surface area contributed by atoms with E-state index in [1.807, 2.05) is 6.92 Å². The summed E-state index contributed by atoms with van der Waals surface area (Å²) in [5.74, 6) is -0.176. The van der Waals surface area contributed by atoms with Crippen LogP contribution in [0.15, 0.2) is 65.3 Å². The molecule has 0 N–H and O–H groups in total. The monoisotopic (exact) mass is 602 g/mol. The van der Waals surface area contributed by atoms with Crippen molar-refractivity contribution in [2.24, 2.45) is 4.99 Å². The van der Waals surface area contributed by atoms with Gasteiger partial charge in [0.15, 0.2) is 17.2 Å². The second-order valence-electron chi connectivity index (χ2n) is 7.74. The van der Waals surface area contributed by atoms with E-state index in [0.717, 1.165) is 0 Å². The first-order valence-corrected chi connectivity index (χ1v) is 11.9. The summed E-state index contributed by atoms with van der Waals surface area (Å²) in [5, 5.41) is 11.3. The molecular formula is C26H20FIN2O6. The molecule has 0 amide bonds. The van der Waals surface area contributed by atoms with Crippen LogP contribution in [-0.2, 0) is 16.1 Å². The maximum atomic E-state index is 14.0. The minimum atomic E-state index is -0.680. The van der Waals surface area contributed by atoms with E-state index in [4.69, 9.17) is 14.2 Å². The first-order valence-electron chi connectivity index (χ1n) is 10.9. The molecule has 1 aliphatic heterocycles. The van der Waals surface area contributed by atoms with Gasteiger partial charge in [-0.3, -0.25) is 10.1 Å². The molecule has 184 valence electrons. The van der Waals surface area contributed by atoms with E-state index in [0.29, 0.717) is 43.9 Å². The molecule has 3 aromatic carbocycles. The predicted octanol–water partition coefficient (Wildman–Crippen LogP) is 5.97. The van der Waals surface area contributed by atoms with Gasteiger partial charge in [-0.15, -0.1) is 0 Å². The Hall–Kier alpha value is -3.80. The van der Waals surface area contributed by atoms with E-state index < -0.39 is 10.9 Å². The lowest BCUT2D eigenvalue weighted by molar-refractivity contribution is -0.385. The van der Waals surface area contributed by atoms with Gasteiger partial charge in [-0.2, -0.15) is 0 Å². The lowest BCUT2D eigenvalue weighted by Crippen LogP contribution is -2.06. The minimum absolute atomic E-state index is 0.0149. The molecule has 0 aromatic heterocycles. The fourth-order valence-corrected chi connectivity index (χ4v) is 4.25. The Kier molecular flexibility index (Phi) is 7.63. The first-order chi connectivity index (χ1) is 17.3. The molecule has 0 saturated carbocycles. The van der Waals surface area contributed by atoms with Crippen LogP contribution in [0.2, 0.25) is 0 Å². The Morgan fingerprint density at radius 2 is 1.94 bits per heavy atom. The zero-order valence-electron chi connectivity index (χ0n) is 19.3. The second-order valence-corrected chi connectivity index (χ2v) is 8.90. The van der Waals surface area contributed by atoms with Gasteiger partial charge in [-0.05, 0) is 72.3 Å². The average molecular weight is 602 g/mol. The number of rotatable bonds is 8. The summed E-state index contributed by atoms with van der Waals surface area (Å²) >= 11 is 2.08. The third-order valence-corrected chi connectivity index (χ3v) is 6.04. The normalized spacial score (nSPS) is 13.9. The summed E-state index contributed by atoms with van der Waals surface area (Å²) in [6, 6.07) is 14.3. The van der Waals surface area contributed by atoms with Crippen molar-refractivity contribution in [2.75, 3.05) is 6.61 Å². The first kappa shape index (κ1) is 25.3. The fraction of sp³-hybridized carbons (Fsp3) is 0.154. The van der Waals surface area contributed by atoms with E-state index in [2.05, 4.69) is 27.6 Å². The number of benzene rings is 3. The molecule has 0 aliphatic carbocycles. The van der Waals surface area contributed by atoms with Crippen molar-refractivity contribution < 1.29 is 28.3 Å². The van der Waals surface area contributed by atoms with Gasteiger partial charge in [-0.25, -0.2) is 14.2 Å². The Labute approximate surface area is 219 Å². The molecule has 36 heavy (non-hydrogen) atoms. The van der Waals surface area contributed by atoms with E-state index >= 15 is 0 Å². The zero-order valence-corrected chi connectivity index (χ0v) is 21.4. The van der Waals surface area contributed by atoms with Crippen LogP contribution in [0.25, 0.3) is 6.08 Å². The maximum absolute atomic E-state index is 14.0. The fourth-order valence-electron chi connectivity index (χ4n) is 3.47. The van der Waals surface area contributed by atoms with Gasteiger partial charge in [0, 0.05) is 22.8 Å². The number of nitrogens with zero attached hydrogens (tertiary/aromatic N) is 2. The number of aryl methyl sites for hydroxylation is 1. The molecular weight excluding hydrogens is 582 g/mol. The van der Waals surface area contributed by atoms with E-state index in [1.165, 1.54) is 18.2 Å². The highest BCUT2D eigenvalue weighted by molar-refractivity contribution is 14.1. The third-order valence-electron chi connectivity index (χ3n) is 5.24. The zero-order chi connectivity index (χ0) is 25.8. The number of hydrogen-bond donors (Lipinski definition) is 0. The number of esters is 1. The summed E-state index contributed by atoms with van der Waals surface area (Å²) in [5.41, 5.74) is 1.77. The lowest BCUT2D eigenvalue weighted by Gasteiger charge is -2.15. The average Bonchev–Trinajstić information content (AvgIpc) is 3.20. The van der Waals surface area contributed by atoms with Gasteiger partial charge in [-0.1, -0.05) is 24.3 Å². The Morgan fingerprint density at radius 3 is 2.67 bits per heavy atom. The van der Waals surface area contributed by atoms with E-state index in [9.17, 15) is 19.3 Å². The molecule has 10 heteroatoms. The molecule has 3 aromatic rings. The van der Waals surface area contributed by atoms with Crippen molar-refractivity contribution in [3.05, 3.63) is 102 Å². The molecule has 0 fully saturated rings. The smallest absolute Gasteiger partial charge is 0.363 e. The molecule has 0 atom stereocenters. The van der Waals surface area contributed by atoms with Gasteiger partial charge in [0.05, 0.1) is 15.1 Å². The number of carbonyl (C=O) groups excluding carboxylic acids is 1. The summed E-state index contributed by atoms with van der Waals surface area (Å²) in [6.07, 6.45) is 1.53. The van der Waals surface area contributed by atoms with Gasteiger partial charge in [0.1, 0.15) is 12.4 Å². The largest absolute Gasteiger partial charge is 0.490 e. The number of aliphatic imine (C=N–C) groups is 1. The van der Waals surface area contributed by atoms with Gasteiger partial charge in [0.2, 0.25) is 5.90 Å². The van der Waals surface area contributed by atoms with Crippen LogP contribution < -0.4 is 9.47 Å². The summed E-state index contributed by atoms with van der Waals surface area (Å²) in [7, 11) is 0. The third kappa shape index (κ3) is 5.54. The van der Waals surface area contributed by atoms with Crippen LogP contribution in [0.1, 0.15) is 29.2 Å². The summed E-state index contributed by atoms with van der Waals surface area (Å²) < 4.78 is 31.6. The molecule has 0 bridgehead atoms. The predicted molar refractivity (Wildman–Crippen MR) is 139 cm³/mol. The van der Waals surface area contributed by atoms with Gasteiger partial charge < -0.3 is 14.2 Å². The number of ether oxygens (including phenoxy) is 3. The van der Waals surface area contributed by atoms with Gasteiger partial charge >= 0.3 is 5.97 Å². The molecule has 0 saturated heterocycles. The number of carbonyl (C=O) groups is 1. The van der Waals surface area contributed by atoms with E-state index in [1.54, 1.807) is 49.4 Å². The van der Waals surface area contributed by atoms with Crippen LogP contribution in [-0.4, -0.2) is 23.4 Å². The quantitative estimate of drug-likeness (QED) is 0.104. The maximum Gasteiger partial charge on any atom is 0.363 e. The highest BCUT2D eigenvalue weighted by Crippen LogP contribution is 2.36. The van der Waals surface area contributed by atoms with E-state index in [-0.39, 0.29) is 29.7 Å². The van der Waals surface area contributed by atoms with Crippen molar-refractivity contribution in [1.29, 1.82) is 0 Å². The lowest BCUT2D eigenvalue weighted by atomic mass is 10.1. The topological polar surface area (TPSA) is 100 Å².